The van der Waals surface area contributed by atoms with Crippen LogP contribution in [0.2, 0.25) is 0 Å². The summed E-state index contributed by atoms with van der Waals surface area (Å²) < 4.78 is 53.2. The van der Waals surface area contributed by atoms with Crippen molar-refractivity contribution in [3.8, 4) is 0 Å². The third kappa shape index (κ3) is 6.99. The van der Waals surface area contributed by atoms with Gasteiger partial charge in [-0.1, -0.05) is 6.42 Å². The molecule has 2 N–H and O–H groups in total. The van der Waals surface area contributed by atoms with Crippen LogP contribution >= 0.6 is 0 Å². The van der Waals surface area contributed by atoms with E-state index >= 15 is 0 Å². The number of sulfonamides is 1. The number of piperidine rings is 1. The van der Waals surface area contributed by atoms with Gasteiger partial charge in [0.25, 0.3) is 0 Å². The molecule has 11 heteroatoms. The lowest BCUT2D eigenvalue weighted by Gasteiger charge is -2.43. The number of nitrogens with zero attached hydrogens (tertiary/aromatic N) is 2. The third-order valence-corrected chi connectivity index (χ3v) is 8.87. The van der Waals surface area contributed by atoms with E-state index in [1.165, 1.54) is 35.7 Å². The van der Waals surface area contributed by atoms with Crippen LogP contribution < -0.4 is 5.32 Å². The molecule has 0 radical (unpaired) electrons. The zero-order valence-corrected chi connectivity index (χ0v) is 20.8. The zero-order valence-electron chi connectivity index (χ0n) is 20.0. The molecule has 3 heterocycles. The van der Waals surface area contributed by atoms with Crippen molar-refractivity contribution in [2.45, 2.75) is 67.8 Å². The maximum Gasteiger partial charge on any atom is 0.243 e. The fourth-order valence-electron chi connectivity index (χ4n) is 5.13. The zero-order chi connectivity index (χ0) is 24.8. The number of nitrogens with one attached hydrogen (secondary N) is 1. The molecule has 4 rings (SSSR count). The highest BCUT2D eigenvalue weighted by molar-refractivity contribution is 7.89. The molecule has 4 atom stereocenters. The van der Waals surface area contributed by atoms with Gasteiger partial charge < -0.3 is 24.8 Å². The van der Waals surface area contributed by atoms with E-state index in [1.807, 2.05) is 0 Å². The molecule has 9 nitrogen and oxygen atoms in total. The number of fused-ring (bicyclic) bond motifs is 1. The van der Waals surface area contributed by atoms with Gasteiger partial charge in [0, 0.05) is 19.6 Å². The van der Waals surface area contributed by atoms with Crippen molar-refractivity contribution in [2.75, 3.05) is 45.9 Å². The normalized spacial score (nSPS) is 29.1. The first-order chi connectivity index (χ1) is 16.8. The Balaban J connectivity index is 1.36. The van der Waals surface area contributed by atoms with E-state index in [4.69, 9.17) is 9.47 Å². The van der Waals surface area contributed by atoms with Gasteiger partial charge in [-0.3, -0.25) is 4.79 Å². The number of hydrogen-bond acceptors (Lipinski definition) is 7. The third-order valence-electron chi connectivity index (χ3n) is 6.97. The predicted molar refractivity (Wildman–Crippen MR) is 127 cm³/mol. The Kier molecular flexibility index (Phi) is 9.12. The Hall–Kier alpha value is -1.63. The fraction of sp³-hybridized carbons (Fsp3) is 0.708. The van der Waals surface area contributed by atoms with E-state index in [2.05, 4.69) is 10.2 Å². The van der Waals surface area contributed by atoms with Gasteiger partial charge in [-0.15, -0.1) is 0 Å². The second-order valence-corrected chi connectivity index (χ2v) is 11.5. The van der Waals surface area contributed by atoms with Crippen LogP contribution in [-0.2, 0) is 24.3 Å². The van der Waals surface area contributed by atoms with Crippen molar-refractivity contribution in [1.29, 1.82) is 0 Å². The number of carbonyl (C=O) groups is 1. The average Bonchev–Trinajstić information content (AvgIpc) is 2.83. The molecular weight excluding hydrogens is 477 g/mol. The Morgan fingerprint density at radius 3 is 2.60 bits per heavy atom. The Labute approximate surface area is 206 Å². The molecule has 35 heavy (non-hydrogen) atoms. The summed E-state index contributed by atoms with van der Waals surface area (Å²) in [5.74, 6) is -0.607. The minimum absolute atomic E-state index is 0.0241. The number of hydrogen-bond donors (Lipinski definition) is 2. The second-order valence-electron chi connectivity index (χ2n) is 9.62. The fourth-order valence-corrected chi connectivity index (χ4v) is 6.85. The molecule has 3 saturated heterocycles. The molecule has 1 amide bonds. The van der Waals surface area contributed by atoms with Gasteiger partial charge in [-0.25, -0.2) is 12.8 Å². The number of ether oxygens (including phenoxy) is 2. The SMILES string of the molecule is O=C(C[C@H]1CC[C@@H]2[C@H](COC[C@H](O)CN2S(=O)(=O)c2ccc(F)cc2)O1)NCCN1CCCCC1. The Morgan fingerprint density at radius 2 is 1.86 bits per heavy atom. The van der Waals surface area contributed by atoms with Crippen LogP contribution in [0.4, 0.5) is 4.39 Å². The van der Waals surface area contributed by atoms with Gasteiger partial charge in [0.05, 0.1) is 48.9 Å². The molecule has 3 aliphatic heterocycles. The van der Waals surface area contributed by atoms with Crippen LogP contribution in [0.15, 0.2) is 29.2 Å². The highest BCUT2D eigenvalue weighted by Gasteiger charge is 2.43. The van der Waals surface area contributed by atoms with Crippen molar-refractivity contribution in [1.82, 2.24) is 14.5 Å². The quantitative estimate of drug-likeness (QED) is 0.563. The first-order valence-corrected chi connectivity index (χ1v) is 13.9. The minimum Gasteiger partial charge on any atom is -0.389 e. The van der Waals surface area contributed by atoms with Gasteiger partial charge in [-0.05, 0) is 63.0 Å². The van der Waals surface area contributed by atoms with Crippen LogP contribution in [0.25, 0.3) is 0 Å². The summed E-state index contributed by atoms with van der Waals surface area (Å²) in [7, 11) is -4.00. The largest absolute Gasteiger partial charge is 0.389 e. The lowest BCUT2D eigenvalue weighted by atomic mass is 9.96. The van der Waals surface area contributed by atoms with Crippen molar-refractivity contribution in [3.63, 3.8) is 0 Å². The summed E-state index contributed by atoms with van der Waals surface area (Å²) in [5, 5.41) is 13.3. The maximum atomic E-state index is 13.4. The first kappa shape index (κ1) is 26.4. The van der Waals surface area contributed by atoms with Crippen LogP contribution in [0.5, 0.6) is 0 Å². The number of aliphatic hydroxyl groups is 1. The number of likely N-dealkylation sites (tertiary alicyclic amines) is 1. The van der Waals surface area contributed by atoms with Crippen LogP contribution in [-0.4, -0.2) is 98.9 Å². The van der Waals surface area contributed by atoms with E-state index in [9.17, 15) is 22.7 Å². The summed E-state index contributed by atoms with van der Waals surface area (Å²) in [6, 6.07) is 4.10. The molecule has 3 fully saturated rings. The highest BCUT2D eigenvalue weighted by Crippen LogP contribution is 2.31. The summed E-state index contributed by atoms with van der Waals surface area (Å²) in [5.41, 5.74) is 0. The lowest BCUT2D eigenvalue weighted by molar-refractivity contribution is -0.146. The molecule has 0 spiro atoms. The van der Waals surface area contributed by atoms with E-state index in [0.29, 0.717) is 19.4 Å². The van der Waals surface area contributed by atoms with Gasteiger partial charge in [0.2, 0.25) is 15.9 Å². The van der Waals surface area contributed by atoms with E-state index in [1.54, 1.807) is 0 Å². The number of aliphatic hydroxyl groups excluding tert-OH is 1. The van der Waals surface area contributed by atoms with Crippen molar-refractivity contribution >= 4 is 15.9 Å². The lowest BCUT2D eigenvalue weighted by Crippen LogP contribution is -2.57. The smallest absolute Gasteiger partial charge is 0.243 e. The van der Waals surface area contributed by atoms with Crippen molar-refractivity contribution in [3.05, 3.63) is 30.1 Å². The minimum atomic E-state index is -4.00. The molecule has 0 aromatic heterocycles. The monoisotopic (exact) mass is 513 g/mol. The molecule has 3 aliphatic rings. The van der Waals surface area contributed by atoms with Gasteiger partial charge >= 0.3 is 0 Å². The maximum absolute atomic E-state index is 13.4. The van der Waals surface area contributed by atoms with Crippen molar-refractivity contribution in [2.24, 2.45) is 0 Å². The highest BCUT2D eigenvalue weighted by atomic mass is 32.2. The van der Waals surface area contributed by atoms with Crippen LogP contribution in [0.1, 0.15) is 38.5 Å². The Morgan fingerprint density at radius 1 is 1.11 bits per heavy atom. The molecule has 0 unspecified atom stereocenters. The average molecular weight is 514 g/mol. The summed E-state index contributed by atoms with van der Waals surface area (Å²) in [6.07, 6.45) is 2.96. The second kappa shape index (κ2) is 12.1. The Bertz CT molecular complexity index is 941. The van der Waals surface area contributed by atoms with Crippen LogP contribution in [0.3, 0.4) is 0 Å². The molecule has 0 saturated carbocycles. The van der Waals surface area contributed by atoms with E-state index in [0.717, 1.165) is 31.8 Å². The van der Waals surface area contributed by atoms with Gasteiger partial charge in [0.15, 0.2) is 0 Å². The predicted octanol–water partition coefficient (Wildman–Crippen LogP) is 1.12. The van der Waals surface area contributed by atoms with Gasteiger partial charge in [0.1, 0.15) is 5.82 Å². The number of halogens is 1. The summed E-state index contributed by atoms with van der Waals surface area (Å²) in [4.78, 5) is 14.8. The topological polar surface area (TPSA) is 108 Å². The standard InChI is InChI=1S/C24H36FN3O6S/c25-18-4-7-21(8-5-18)35(31,32)28-15-19(29)16-33-17-23-22(28)9-6-20(34-23)14-24(30)26-10-13-27-11-2-1-3-12-27/h4-5,7-8,19-20,22-23,29H,1-3,6,9-17H2,(H,26,30)/t19-,20-,22-,23+/m1/s1. The first-order valence-electron chi connectivity index (χ1n) is 12.5. The van der Waals surface area contributed by atoms with Crippen molar-refractivity contribution < 1.29 is 32.2 Å². The summed E-state index contributed by atoms with van der Waals surface area (Å²) >= 11 is 0. The van der Waals surface area contributed by atoms with E-state index in [-0.39, 0.29) is 43.1 Å². The summed E-state index contributed by atoms with van der Waals surface area (Å²) in [6.45, 7) is 3.55. The molecule has 1 aromatic carbocycles. The van der Waals surface area contributed by atoms with Gasteiger partial charge in [-0.2, -0.15) is 4.31 Å². The number of benzene rings is 1. The molecule has 0 bridgehead atoms. The number of rotatable bonds is 7. The number of β-amino-alcohol motifs (C(OH)–C–C–N with tert-alkyl or cyclic N) is 1. The molecular formula is C24H36FN3O6S. The van der Waals surface area contributed by atoms with Crippen LogP contribution in [0, 0.1) is 5.82 Å². The molecule has 196 valence electrons. The number of amides is 1. The molecule has 1 aromatic rings. The van der Waals surface area contributed by atoms with E-state index < -0.39 is 34.1 Å². The molecule has 0 aliphatic carbocycles. The number of carbonyl (C=O) groups excluding carboxylic acids is 1.